The standard InChI is InChI=1S/C11H25NO2S/c1-6-10(9(2)12)7-8-15(13,14)11(3,4)5/h9-10H,6-8,12H2,1-5H3. The highest BCUT2D eigenvalue weighted by Gasteiger charge is 2.29. The normalized spacial score (nSPS) is 17.5. The molecule has 0 heterocycles. The zero-order valence-corrected chi connectivity index (χ0v) is 11.4. The van der Waals surface area contributed by atoms with Gasteiger partial charge in [-0.2, -0.15) is 0 Å². The number of hydrogen-bond acceptors (Lipinski definition) is 3. The second kappa shape index (κ2) is 5.30. The molecule has 0 aliphatic rings. The average molecular weight is 235 g/mol. The molecule has 0 radical (unpaired) electrons. The number of rotatable bonds is 5. The summed E-state index contributed by atoms with van der Waals surface area (Å²) >= 11 is 0. The van der Waals surface area contributed by atoms with Gasteiger partial charge in [0.1, 0.15) is 0 Å². The highest BCUT2D eigenvalue weighted by Crippen LogP contribution is 2.20. The van der Waals surface area contributed by atoms with E-state index in [2.05, 4.69) is 6.92 Å². The average Bonchev–Trinajstić information content (AvgIpc) is 2.02. The molecule has 15 heavy (non-hydrogen) atoms. The lowest BCUT2D eigenvalue weighted by molar-refractivity contribution is 0.415. The zero-order valence-electron chi connectivity index (χ0n) is 10.6. The topological polar surface area (TPSA) is 60.2 Å². The maximum Gasteiger partial charge on any atom is 0.155 e. The van der Waals surface area contributed by atoms with Crippen molar-refractivity contribution in [3.63, 3.8) is 0 Å². The number of hydrogen-bond donors (Lipinski definition) is 1. The molecule has 0 rings (SSSR count). The van der Waals surface area contributed by atoms with Crippen LogP contribution in [0.15, 0.2) is 0 Å². The molecule has 0 amide bonds. The minimum Gasteiger partial charge on any atom is -0.328 e. The van der Waals surface area contributed by atoms with Crippen molar-refractivity contribution < 1.29 is 8.42 Å². The van der Waals surface area contributed by atoms with Crippen LogP contribution in [0.4, 0.5) is 0 Å². The Balaban J connectivity index is 4.39. The Morgan fingerprint density at radius 2 is 1.73 bits per heavy atom. The quantitative estimate of drug-likeness (QED) is 0.792. The molecule has 2 atom stereocenters. The summed E-state index contributed by atoms with van der Waals surface area (Å²) in [6.45, 7) is 9.23. The Labute approximate surface area is 94.4 Å². The van der Waals surface area contributed by atoms with Crippen molar-refractivity contribution in [2.24, 2.45) is 11.7 Å². The van der Waals surface area contributed by atoms with E-state index in [-0.39, 0.29) is 11.8 Å². The summed E-state index contributed by atoms with van der Waals surface area (Å²) < 4.78 is 23.1. The molecular formula is C11H25NO2S. The second-order valence-corrected chi connectivity index (χ2v) is 8.11. The monoisotopic (exact) mass is 235 g/mol. The largest absolute Gasteiger partial charge is 0.328 e. The Kier molecular flexibility index (Phi) is 5.27. The van der Waals surface area contributed by atoms with Gasteiger partial charge in [0.05, 0.1) is 10.5 Å². The van der Waals surface area contributed by atoms with Gasteiger partial charge in [0.25, 0.3) is 0 Å². The number of sulfone groups is 1. The molecule has 0 aromatic heterocycles. The fourth-order valence-electron chi connectivity index (χ4n) is 1.45. The van der Waals surface area contributed by atoms with Crippen LogP contribution in [0.25, 0.3) is 0 Å². The maximum absolute atomic E-state index is 11.9. The van der Waals surface area contributed by atoms with Crippen molar-refractivity contribution in [2.45, 2.75) is 58.2 Å². The maximum atomic E-state index is 11.9. The van der Waals surface area contributed by atoms with Crippen LogP contribution in [-0.2, 0) is 9.84 Å². The molecule has 0 bridgehead atoms. The molecule has 0 spiro atoms. The van der Waals surface area contributed by atoms with E-state index < -0.39 is 14.6 Å². The molecule has 4 heteroatoms. The fraction of sp³-hybridized carbons (Fsp3) is 1.00. The van der Waals surface area contributed by atoms with Crippen LogP contribution in [0.3, 0.4) is 0 Å². The third kappa shape index (κ3) is 4.51. The summed E-state index contributed by atoms with van der Waals surface area (Å²) in [5.41, 5.74) is 5.79. The van der Waals surface area contributed by atoms with Crippen LogP contribution in [0.5, 0.6) is 0 Å². The summed E-state index contributed by atoms with van der Waals surface area (Å²) in [4.78, 5) is 0. The molecule has 0 aliphatic carbocycles. The Hall–Kier alpha value is -0.0900. The van der Waals surface area contributed by atoms with Crippen LogP contribution in [0.2, 0.25) is 0 Å². The predicted molar refractivity (Wildman–Crippen MR) is 65.6 cm³/mol. The van der Waals surface area contributed by atoms with Crippen LogP contribution in [-0.4, -0.2) is 25.0 Å². The zero-order chi connectivity index (χ0) is 12.3. The van der Waals surface area contributed by atoms with Gasteiger partial charge < -0.3 is 5.73 Å². The van der Waals surface area contributed by atoms with Gasteiger partial charge in [0.2, 0.25) is 0 Å². The van der Waals surface area contributed by atoms with Gasteiger partial charge in [0, 0.05) is 6.04 Å². The smallest absolute Gasteiger partial charge is 0.155 e. The van der Waals surface area contributed by atoms with Gasteiger partial charge in [-0.15, -0.1) is 0 Å². The minimum absolute atomic E-state index is 0.0742. The van der Waals surface area contributed by atoms with Gasteiger partial charge in [-0.25, -0.2) is 8.42 Å². The van der Waals surface area contributed by atoms with E-state index >= 15 is 0 Å². The van der Waals surface area contributed by atoms with Crippen molar-refractivity contribution in [1.29, 1.82) is 0 Å². The Bertz CT molecular complexity index is 275. The molecule has 0 aliphatic heterocycles. The van der Waals surface area contributed by atoms with Crippen LogP contribution < -0.4 is 5.73 Å². The molecule has 2 unspecified atom stereocenters. The van der Waals surface area contributed by atoms with Gasteiger partial charge >= 0.3 is 0 Å². The van der Waals surface area contributed by atoms with E-state index in [1.165, 1.54) is 0 Å². The van der Waals surface area contributed by atoms with E-state index in [9.17, 15) is 8.42 Å². The molecule has 2 N–H and O–H groups in total. The summed E-state index contributed by atoms with van der Waals surface area (Å²) in [7, 11) is -2.99. The van der Waals surface area contributed by atoms with Crippen molar-refractivity contribution in [3.05, 3.63) is 0 Å². The van der Waals surface area contributed by atoms with E-state index in [1.54, 1.807) is 20.8 Å². The lowest BCUT2D eigenvalue weighted by atomic mass is 9.96. The van der Waals surface area contributed by atoms with E-state index in [4.69, 9.17) is 5.73 Å². The SMILES string of the molecule is CCC(CCS(=O)(=O)C(C)(C)C)C(C)N. The first kappa shape index (κ1) is 14.9. The summed E-state index contributed by atoms with van der Waals surface area (Å²) in [5, 5.41) is 0. The number of nitrogens with two attached hydrogens (primary N) is 1. The first-order chi connectivity index (χ1) is 6.62. The van der Waals surface area contributed by atoms with E-state index in [0.29, 0.717) is 12.3 Å². The predicted octanol–water partition coefficient (Wildman–Crippen LogP) is 1.96. The highest BCUT2D eigenvalue weighted by atomic mass is 32.2. The molecule has 0 aromatic rings. The fourth-order valence-corrected chi connectivity index (χ4v) is 2.68. The van der Waals surface area contributed by atoms with Gasteiger partial charge in [-0.05, 0) is 40.0 Å². The second-order valence-electron chi connectivity index (χ2n) is 5.25. The van der Waals surface area contributed by atoms with Crippen molar-refractivity contribution >= 4 is 9.84 Å². The third-order valence-electron chi connectivity index (χ3n) is 2.96. The minimum atomic E-state index is -2.99. The molecular weight excluding hydrogens is 210 g/mol. The third-order valence-corrected chi connectivity index (χ3v) is 5.60. The molecule has 0 fully saturated rings. The van der Waals surface area contributed by atoms with Crippen molar-refractivity contribution in [2.75, 3.05) is 5.75 Å². The van der Waals surface area contributed by atoms with Crippen molar-refractivity contribution in [1.82, 2.24) is 0 Å². The highest BCUT2D eigenvalue weighted by molar-refractivity contribution is 7.92. The first-order valence-electron chi connectivity index (χ1n) is 5.59. The lowest BCUT2D eigenvalue weighted by Gasteiger charge is -2.23. The van der Waals surface area contributed by atoms with Gasteiger partial charge in [-0.3, -0.25) is 0 Å². The van der Waals surface area contributed by atoms with Crippen LogP contribution >= 0.6 is 0 Å². The van der Waals surface area contributed by atoms with E-state index in [1.807, 2.05) is 6.92 Å². The lowest BCUT2D eigenvalue weighted by Crippen LogP contribution is -2.33. The van der Waals surface area contributed by atoms with Crippen LogP contribution in [0, 0.1) is 5.92 Å². The Morgan fingerprint density at radius 3 is 2.00 bits per heavy atom. The Morgan fingerprint density at radius 1 is 1.27 bits per heavy atom. The van der Waals surface area contributed by atoms with Crippen LogP contribution in [0.1, 0.15) is 47.5 Å². The molecule has 0 aromatic carbocycles. The van der Waals surface area contributed by atoms with Gasteiger partial charge in [-0.1, -0.05) is 13.3 Å². The molecule has 0 saturated carbocycles. The van der Waals surface area contributed by atoms with Crippen molar-refractivity contribution in [3.8, 4) is 0 Å². The summed E-state index contributed by atoms with van der Waals surface area (Å²) in [5.74, 6) is 0.554. The summed E-state index contributed by atoms with van der Waals surface area (Å²) in [6.07, 6.45) is 1.62. The first-order valence-corrected chi connectivity index (χ1v) is 7.25. The summed E-state index contributed by atoms with van der Waals surface area (Å²) in [6, 6.07) is 0.0742. The van der Waals surface area contributed by atoms with Gasteiger partial charge in [0.15, 0.2) is 9.84 Å². The molecule has 92 valence electrons. The molecule has 0 saturated heterocycles. The van der Waals surface area contributed by atoms with E-state index in [0.717, 1.165) is 6.42 Å². The molecule has 3 nitrogen and oxygen atoms in total.